The molecule has 0 unspecified atom stereocenters. The van der Waals surface area contributed by atoms with Crippen LogP contribution in [0.1, 0.15) is 11.1 Å². The van der Waals surface area contributed by atoms with Crippen molar-refractivity contribution in [3.8, 4) is 11.5 Å². The maximum atomic E-state index is 5.40. The van der Waals surface area contributed by atoms with Crippen LogP contribution in [0, 0.1) is 0 Å². The van der Waals surface area contributed by atoms with Gasteiger partial charge < -0.3 is 24.6 Å². The summed E-state index contributed by atoms with van der Waals surface area (Å²) < 4.78 is 10.7. The summed E-state index contributed by atoms with van der Waals surface area (Å²) in [5.41, 5.74) is 3.70. The number of methoxy groups -OCH3 is 2. The van der Waals surface area contributed by atoms with Gasteiger partial charge in [-0.2, -0.15) is 0 Å². The van der Waals surface area contributed by atoms with Crippen LogP contribution < -0.4 is 19.7 Å². The monoisotopic (exact) mass is 536 g/mol. The molecule has 0 amide bonds. The van der Waals surface area contributed by atoms with Gasteiger partial charge in [-0.25, -0.2) is 0 Å². The van der Waals surface area contributed by atoms with Crippen LogP contribution in [0.5, 0.6) is 11.5 Å². The molecule has 6 nitrogen and oxygen atoms in total. The van der Waals surface area contributed by atoms with E-state index in [1.807, 2.05) is 19.2 Å². The Hall–Kier alpha value is -2.42. The molecule has 0 aliphatic carbocycles. The summed E-state index contributed by atoms with van der Waals surface area (Å²) in [4.78, 5) is 8.91. The van der Waals surface area contributed by atoms with Crippen molar-refractivity contribution in [3.05, 3.63) is 65.7 Å². The first-order valence-corrected chi connectivity index (χ1v) is 10.3. The summed E-state index contributed by atoms with van der Waals surface area (Å²) in [6.45, 7) is 3.58. The topological polar surface area (TPSA) is 49.3 Å². The summed E-state index contributed by atoms with van der Waals surface area (Å²) >= 11 is 0. The van der Waals surface area contributed by atoms with E-state index in [9.17, 15) is 0 Å². The number of ether oxygens (including phenoxy) is 2. The van der Waals surface area contributed by atoms with Gasteiger partial charge in [0, 0.05) is 46.0 Å². The van der Waals surface area contributed by atoms with E-state index in [2.05, 4.69) is 69.6 Å². The largest absolute Gasteiger partial charge is 0.493 e. The summed E-state index contributed by atoms with van der Waals surface area (Å²) in [6, 6.07) is 14.8. The van der Waals surface area contributed by atoms with Crippen molar-refractivity contribution >= 4 is 35.6 Å². The first kappa shape index (κ1) is 24.8. The van der Waals surface area contributed by atoms with E-state index in [-0.39, 0.29) is 24.0 Å². The maximum Gasteiger partial charge on any atom is 0.193 e. The molecule has 0 saturated carbocycles. The van der Waals surface area contributed by atoms with Crippen molar-refractivity contribution in [1.82, 2.24) is 10.2 Å². The number of aliphatic imine (C=N–C) groups is 1. The molecule has 0 fully saturated rings. The summed E-state index contributed by atoms with van der Waals surface area (Å²) in [5.74, 6) is 2.38. The van der Waals surface area contributed by atoms with E-state index in [0.717, 1.165) is 50.1 Å². The van der Waals surface area contributed by atoms with Gasteiger partial charge in [0.1, 0.15) is 0 Å². The molecule has 1 N–H and O–H groups in total. The average Bonchev–Trinajstić information content (AvgIpc) is 3.33. The third-order valence-corrected chi connectivity index (χ3v) is 5.33. The van der Waals surface area contributed by atoms with E-state index >= 15 is 0 Å². The molecule has 1 aliphatic rings. The molecule has 3 rings (SSSR count). The van der Waals surface area contributed by atoms with Gasteiger partial charge >= 0.3 is 0 Å². The molecule has 168 valence electrons. The predicted octanol–water partition coefficient (Wildman–Crippen LogP) is 3.95. The Kier molecular flexibility index (Phi) is 9.97. The number of nitrogens with one attached hydrogen (secondary N) is 1. The highest BCUT2D eigenvalue weighted by atomic mass is 127. The number of likely N-dealkylation sites (N-methyl/N-ethyl adjacent to an activating group) is 1. The lowest BCUT2D eigenvalue weighted by atomic mass is 10.1. The molecule has 0 bridgehead atoms. The fourth-order valence-electron chi connectivity index (χ4n) is 3.52. The van der Waals surface area contributed by atoms with Crippen LogP contribution in [-0.4, -0.2) is 58.8 Å². The molecular weight excluding hydrogens is 503 g/mol. The van der Waals surface area contributed by atoms with Gasteiger partial charge in [0.15, 0.2) is 17.5 Å². The third-order valence-electron chi connectivity index (χ3n) is 5.33. The van der Waals surface area contributed by atoms with Crippen LogP contribution in [0.2, 0.25) is 0 Å². The highest BCUT2D eigenvalue weighted by Crippen LogP contribution is 2.27. The Balaban J connectivity index is 0.00000341. The number of halogens is 1. The molecule has 7 heteroatoms. The second-order valence-corrected chi connectivity index (χ2v) is 7.30. The molecule has 1 heterocycles. The van der Waals surface area contributed by atoms with Crippen molar-refractivity contribution < 1.29 is 9.47 Å². The van der Waals surface area contributed by atoms with Crippen LogP contribution in [-0.2, 0) is 13.0 Å². The van der Waals surface area contributed by atoms with Gasteiger partial charge in [-0.15, -0.1) is 24.0 Å². The normalized spacial score (nSPS) is 13.0. The minimum absolute atomic E-state index is 0. The molecule has 2 aromatic carbocycles. The molecular formula is C24H33IN4O2. The Morgan fingerprint density at radius 2 is 1.65 bits per heavy atom. The number of benzene rings is 2. The molecule has 0 saturated heterocycles. The minimum Gasteiger partial charge on any atom is -0.493 e. The molecule has 2 aromatic rings. The Bertz CT molecular complexity index is 876. The Labute approximate surface area is 203 Å². The number of hydrogen-bond donors (Lipinski definition) is 1. The van der Waals surface area contributed by atoms with Crippen LogP contribution in [0.4, 0.5) is 5.69 Å². The lowest BCUT2D eigenvalue weighted by Gasteiger charge is -2.23. The first-order chi connectivity index (χ1) is 14.6. The van der Waals surface area contributed by atoms with Gasteiger partial charge in [-0.3, -0.25) is 4.99 Å². The fraction of sp³-hybridized carbons (Fsp3) is 0.375. The van der Waals surface area contributed by atoms with E-state index < -0.39 is 0 Å². The van der Waals surface area contributed by atoms with E-state index in [1.165, 1.54) is 16.8 Å². The molecule has 0 spiro atoms. The number of rotatable bonds is 8. The predicted molar refractivity (Wildman–Crippen MR) is 139 cm³/mol. The second kappa shape index (κ2) is 12.4. The number of guanidine groups is 1. The average molecular weight is 536 g/mol. The number of nitrogens with zero attached hydrogens (tertiary/aromatic N) is 3. The smallest absolute Gasteiger partial charge is 0.193 e. The van der Waals surface area contributed by atoms with E-state index in [1.54, 1.807) is 14.2 Å². The zero-order chi connectivity index (χ0) is 21.3. The Morgan fingerprint density at radius 1 is 1.00 bits per heavy atom. The van der Waals surface area contributed by atoms with E-state index in [4.69, 9.17) is 9.47 Å². The van der Waals surface area contributed by atoms with Gasteiger partial charge in [0.25, 0.3) is 0 Å². The minimum atomic E-state index is 0. The van der Waals surface area contributed by atoms with Crippen LogP contribution in [0.3, 0.4) is 0 Å². The SMILES string of the molecule is CN=C(NCc1ccc(N2CC=CC2)cc1)N(C)CCc1ccc(OC)c(OC)c1.I. The van der Waals surface area contributed by atoms with Crippen LogP contribution in [0.25, 0.3) is 0 Å². The van der Waals surface area contributed by atoms with Crippen molar-refractivity contribution in [1.29, 1.82) is 0 Å². The highest BCUT2D eigenvalue weighted by Gasteiger charge is 2.10. The van der Waals surface area contributed by atoms with Gasteiger partial charge in [-0.1, -0.05) is 30.4 Å². The molecule has 0 atom stereocenters. The van der Waals surface area contributed by atoms with E-state index in [0.29, 0.717) is 0 Å². The van der Waals surface area contributed by atoms with Crippen molar-refractivity contribution in [3.63, 3.8) is 0 Å². The molecule has 31 heavy (non-hydrogen) atoms. The Morgan fingerprint density at radius 3 is 2.26 bits per heavy atom. The first-order valence-electron chi connectivity index (χ1n) is 10.3. The molecule has 1 aliphatic heterocycles. The van der Waals surface area contributed by atoms with Gasteiger partial charge in [0.2, 0.25) is 0 Å². The quantitative estimate of drug-likeness (QED) is 0.240. The summed E-state index contributed by atoms with van der Waals surface area (Å²) in [7, 11) is 7.19. The lowest BCUT2D eigenvalue weighted by molar-refractivity contribution is 0.354. The van der Waals surface area contributed by atoms with Crippen molar-refractivity contribution in [2.75, 3.05) is 52.8 Å². The van der Waals surface area contributed by atoms with Gasteiger partial charge in [-0.05, 0) is 41.8 Å². The van der Waals surface area contributed by atoms with Crippen LogP contribution >= 0.6 is 24.0 Å². The lowest BCUT2D eigenvalue weighted by Crippen LogP contribution is -2.39. The zero-order valence-electron chi connectivity index (χ0n) is 18.8. The maximum absolute atomic E-state index is 5.40. The van der Waals surface area contributed by atoms with Crippen molar-refractivity contribution in [2.45, 2.75) is 13.0 Å². The van der Waals surface area contributed by atoms with Crippen molar-refractivity contribution in [2.24, 2.45) is 4.99 Å². The summed E-state index contributed by atoms with van der Waals surface area (Å²) in [5, 5.41) is 3.46. The highest BCUT2D eigenvalue weighted by molar-refractivity contribution is 14.0. The fourth-order valence-corrected chi connectivity index (χ4v) is 3.52. The zero-order valence-corrected chi connectivity index (χ0v) is 21.1. The summed E-state index contributed by atoms with van der Waals surface area (Å²) in [6.07, 6.45) is 5.30. The van der Waals surface area contributed by atoms with Gasteiger partial charge in [0.05, 0.1) is 14.2 Å². The van der Waals surface area contributed by atoms with Crippen LogP contribution in [0.15, 0.2) is 59.6 Å². The molecule has 0 radical (unpaired) electrons. The number of anilines is 1. The third kappa shape index (κ3) is 6.78. The second-order valence-electron chi connectivity index (χ2n) is 7.30. The standard InChI is InChI=1S/C24H32N4O2.HI/c1-25-24(26-18-20-7-10-21(11-8-20)28-14-5-6-15-28)27(2)16-13-19-9-12-22(29-3)23(17-19)30-4;/h5-12,17H,13-16,18H2,1-4H3,(H,25,26);1H. The molecule has 0 aromatic heterocycles. The number of hydrogen-bond acceptors (Lipinski definition) is 4.